The fraction of sp³-hybridized carbons (Fsp3) is 0.750. The van der Waals surface area contributed by atoms with Crippen molar-refractivity contribution in [2.75, 3.05) is 26.3 Å². The van der Waals surface area contributed by atoms with Gasteiger partial charge in [-0.25, -0.2) is 0 Å². The lowest BCUT2D eigenvalue weighted by Gasteiger charge is -2.38. The van der Waals surface area contributed by atoms with Gasteiger partial charge in [-0.15, -0.1) is 0 Å². The Labute approximate surface area is 121 Å². The highest BCUT2D eigenvalue weighted by Gasteiger charge is 2.42. The van der Waals surface area contributed by atoms with E-state index in [-0.39, 0.29) is 5.60 Å². The highest BCUT2D eigenvalue weighted by atomic mass is 16.6. The van der Waals surface area contributed by atoms with Crippen molar-refractivity contribution in [2.45, 2.75) is 51.4 Å². The molecule has 2 fully saturated rings. The van der Waals surface area contributed by atoms with E-state index in [2.05, 4.69) is 17.9 Å². The van der Waals surface area contributed by atoms with Crippen LogP contribution in [0.3, 0.4) is 0 Å². The molecule has 0 amide bonds. The zero-order chi connectivity index (χ0) is 14.0. The number of likely N-dealkylation sites (tertiary alicyclic amines) is 1. The van der Waals surface area contributed by atoms with Crippen molar-refractivity contribution >= 4 is 0 Å². The van der Waals surface area contributed by atoms with E-state index in [1.807, 2.05) is 13.0 Å². The van der Waals surface area contributed by atoms with Crippen molar-refractivity contribution < 1.29 is 13.9 Å². The van der Waals surface area contributed by atoms with Gasteiger partial charge in [0, 0.05) is 26.1 Å². The Bertz CT molecular complexity index is 435. The van der Waals surface area contributed by atoms with Crippen LogP contribution < -0.4 is 0 Å². The second-order valence-corrected chi connectivity index (χ2v) is 6.06. The van der Waals surface area contributed by atoms with Gasteiger partial charge in [0.25, 0.3) is 0 Å². The molecule has 20 heavy (non-hydrogen) atoms. The number of nitrogens with zero attached hydrogens (tertiary/aromatic N) is 1. The largest absolute Gasteiger partial charge is 0.465 e. The summed E-state index contributed by atoms with van der Waals surface area (Å²) in [5, 5.41) is 0. The van der Waals surface area contributed by atoms with Gasteiger partial charge >= 0.3 is 0 Å². The fourth-order valence-corrected chi connectivity index (χ4v) is 3.40. The van der Waals surface area contributed by atoms with E-state index in [0.29, 0.717) is 6.10 Å². The third-order valence-corrected chi connectivity index (χ3v) is 4.52. The Kier molecular flexibility index (Phi) is 4.15. The SMILES string of the molecule is CCO[C@@H]1COC2(CCN(Cc3ccc(C)o3)CC2)C1. The number of aryl methyl sites for hydroxylation is 1. The van der Waals surface area contributed by atoms with E-state index in [0.717, 1.165) is 63.6 Å². The molecule has 1 aromatic rings. The van der Waals surface area contributed by atoms with Crippen LogP contribution in [0, 0.1) is 6.92 Å². The maximum atomic E-state index is 6.07. The zero-order valence-corrected chi connectivity index (χ0v) is 12.6. The number of piperidine rings is 1. The second-order valence-electron chi connectivity index (χ2n) is 6.06. The van der Waals surface area contributed by atoms with Crippen molar-refractivity contribution in [3.8, 4) is 0 Å². The quantitative estimate of drug-likeness (QED) is 0.849. The molecule has 1 atom stereocenters. The summed E-state index contributed by atoms with van der Waals surface area (Å²) in [7, 11) is 0. The molecule has 0 saturated carbocycles. The summed E-state index contributed by atoms with van der Waals surface area (Å²) in [4.78, 5) is 2.46. The van der Waals surface area contributed by atoms with Gasteiger partial charge in [-0.3, -0.25) is 4.90 Å². The monoisotopic (exact) mass is 279 g/mol. The highest BCUT2D eigenvalue weighted by molar-refractivity contribution is 5.06. The fourth-order valence-electron chi connectivity index (χ4n) is 3.40. The van der Waals surface area contributed by atoms with Gasteiger partial charge in [0.2, 0.25) is 0 Å². The van der Waals surface area contributed by atoms with E-state index in [1.54, 1.807) is 0 Å². The minimum absolute atomic E-state index is 0.0788. The lowest BCUT2D eigenvalue weighted by atomic mass is 9.88. The molecular formula is C16H25NO3. The molecular weight excluding hydrogens is 254 g/mol. The van der Waals surface area contributed by atoms with Crippen LogP contribution in [0.2, 0.25) is 0 Å². The van der Waals surface area contributed by atoms with Crippen LogP contribution in [0.5, 0.6) is 0 Å². The Hall–Kier alpha value is -0.840. The molecule has 2 aliphatic rings. The van der Waals surface area contributed by atoms with Gasteiger partial charge in [-0.2, -0.15) is 0 Å². The van der Waals surface area contributed by atoms with Gasteiger partial charge in [0.1, 0.15) is 11.5 Å². The second kappa shape index (κ2) is 5.88. The summed E-state index contributed by atoms with van der Waals surface area (Å²) in [5.74, 6) is 2.06. The molecule has 4 heteroatoms. The number of ether oxygens (including phenoxy) is 2. The van der Waals surface area contributed by atoms with E-state index in [1.165, 1.54) is 0 Å². The zero-order valence-electron chi connectivity index (χ0n) is 12.6. The van der Waals surface area contributed by atoms with Gasteiger partial charge in [-0.05, 0) is 38.8 Å². The molecule has 1 aromatic heterocycles. The van der Waals surface area contributed by atoms with Crippen LogP contribution in [0.4, 0.5) is 0 Å². The third-order valence-electron chi connectivity index (χ3n) is 4.52. The first kappa shape index (κ1) is 14.1. The number of hydrogen-bond donors (Lipinski definition) is 0. The van der Waals surface area contributed by atoms with Crippen LogP contribution >= 0.6 is 0 Å². The smallest absolute Gasteiger partial charge is 0.118 e. The molecule has 0 bridgehead atoms. The topological polar surface area (TPSA) is 34.8 Å². The standard InChI is InChI=1S/C16H25NO3/c1-3-18-15-10-16(19-12-15)6-8-17(9-7-16)11-14-5-4-13(2)20-14/h4-5,15H,3,6-12H2,1-2H3/t15-/m0/s1. The molecule has 0 N–H and O–H groups in total. The van der Waals surface area contributed by atoms with Gasteiger partial charge in [0.15, 0.2) is 0 Å². The van der Waals surface area contributed by atoms with Crippen LogP contribution in [0.25, 0.3) is 0 Å². The average molecular weight is 279 g/mol. The van der Waals surface area contributed by atoms with Gasteiger partial charge in [-0.1, -0.05) is 0 Å². The molecule has 3 heterocycles. The lowest BCUT2D eigenvalue weighted by Crippen LogP contribution is -2.43. The molecule has 4 nitrogen and oxygen atoms in total. The summed E-state index contributed by atoms with van der Waals surface area (Å²) in [6, 6.07) is 4.12. The maximum Gasteiger partial charge on any atom is 0.118 e. The van der Waals surface area contributed by atoms with E-state index in [9.17, 15) is 0 Å². The number of hydrogen-bond acceptors (Lipinski definition) is 4. The molecule has 0 aromatic carbocycles. The van der Waals surface area contributed by atoms with Crippen LogP contribution in [0.15, 0.2) is 16.5 Å². The lowest BCUT2D eigenvalue weighted by molar-refractivity contribution is -0.0472. The first-order chi connectivity index (χ1) is 9.69. The third kappa shape index (κ3) is 3.08. The van der Waals surface area contributed by atoms with Crippen molar-refractivity contribution in [3.05, 3.63) is 23.7 Å². The minimum Gasteiger partial charge on any atom is -0.465 e. The van der Waals surface area contributed by atoms with E-state index >= 15 is 0 Å². The molecule has 2 aliphatic heterocycles. The average Bonchev–Trinajstić information content (AvgIpc) is 3.01. The Balaban J connectivity index is 1.50. The van der Waals surface area contributed by atoms with Crippen LogP contribution in [0.1, 0.15) is 37.7 Å². The minimum atomic E-state index is 0.0788. The molecule has 0 unspecified atom stereocenters. The van der Waals surface area contributed by atoms with Crippen LogP contribution in [-0.2, 0) is 16.0 Å². The summed E-state index contributed by atoms with van der Waals surface area (Å²) in [5.41, 5.74) is 0.0788. The van der Waals surface area contributed by atoms with Crippen molar-refractivity contribution in [1.29, 1.82) is 0 Å². The summed E-state index contributed by atoms with van der Waals surface area (Å²) >= 11 is 0. The Morgan fingerprint density at radius 2 is 2.15 bits per heavy atom. The van der Waals surface area contributed by atoms with E-state index in [4.69, 9.17) is 13.9 Å². The summed E-state index contributed by atoms with van der Waals surface area (Å²) in [6.45, 7) is 8.68. The van der Waals surface area contributed by atoms with Crippen molar-refractivity contribution in [2.24, 2.45) is 0 Å². The predicted molar refractivity (Wildman–Crippen MR) is 76.7 cm³/mol. The molecule has 3 rings (SSSR count). The Morgan fingerprint density at radius 3 is 2.80 bits per heavy atom. The van der Waals surface area contributed by atoms with Gasteiger partial charge < -0.3 is 13.9 Å². The normalized spacial score (nSPS) is 26.4. The van der Waals surface area contributed by atoms with Crippen molar-refractivity contribution in [3.63, 3.8) is 0 Å². The molecule has 112 valence electrons. The first-order valence-corrected chi connectivity index (χ1v) is 7.72. The first-order valence-electron chi connectivity index (χ1n) is 7.72. The Morgan fingerprint density at radius 1 is 1.35 bits per heavy atom. The maximum absolute atomic E-state index is 6.07. The summed E-state index contributed by atoms with van der Waals surface area (Å²) in [6.07, 6.45) is 3.58. The van der Waals surface area contributed by atoms with Gasteiger partial charge in [0.05, 0.1) is 24.9 Å². The van der Waals surface area contributed by atoms with E-state index < -0.39 is 0 Å². The molecule has 0 aliphatic carbocycles. The predicted octanol–water partition coefficient (Wildman–Crippen LogP) is 2.75. The van der Waals surface area contributed by atoms with Crippen molar-refractivity contribution in [1.82, 2.24) is 4.90 Å². The molecule has 2 saturated heterocycles. The number of furan rings is 1. The molecule has 1 spiro atoms. The molecule has 0 radical (unpaired) electrons. The summed E-state index contributed by atoms with van der Waals surface area (Å²) < 4.78 is 17.4. The highest BCUT2D eigenvalue weighted by Crippen LogP contribution is 2.37. The number of rotatable bonds is 4. The van der Waals surface area contributed by atoms with Crippen LogP contribution in [-0.4, -0.2) is 42.9 Å².